The van der Waals surface area contributed by atoms with Crippen LogP contribution in [0.1, 0.15) is 5.69 Å². The van der Waals surface area contributed by atoms with Crippen LogP contribution in [0.5, 0.6) is 0 Å². The molecule has 1 N–H and O–H groups in total. The zero-order chi connectivity index (χ0) is 13.8. The fourth-order valence-corrected chi connectivity index (χ4v) is 2.15. The van der Waals surface area contributed by atoms with Gasteiger partial charge in [-0.2, -0.15) is 5.10 Å². The van der Waals surface area contributed by atoms with Crippen LogP contribution in [0, 0.1) is 0 Å². The van der Waals surface area contributed by atoms with Gasteiger partial charge in [0.05, 0.1) is 17.9 Å². The Morgan fingerprint density at radius 1 is 1.20 bits per heavy atom. The molecule has 0 aliphatic rings. The fourth-order valence-electron chi connectivity index (χ4n) is 1.77. The zero-order valence-corrected chi connectivity index (χ0v) is 12.0. The highest BCUT2D eigenvalue weighted by Crippen LogP contribution is 2.16. The van der Waals surface area contributed by atoms with E-state index in [1.54, 1.807) is 17.2 Å². The topological polar surface area (TPSA) is 68.5 Å². The largest absolute Gasteiger partial charge is 0.376 e. The molecule has 0 fully saturated rings. The maximum atomic E-state index is 4.38. The predicted octanol–water partition coefficient (Wildman–Crippen LogP) is 2.43. The minimum absolute atomic E-state index is 0.604. The summed E-state index contributed by atoms with van der Waals surface area (Å²) in [5.41, 5.74) is 1.81. The Balaban J connectivity index is 1.81. The third kappa shape index (κ3) is 2.83. The van der Waals surface area contributed by atoms with Gasteiger partial charge in [0, 0.05) is 6.20 Å². The molecule has 3 heterocycles. The van der Waals surface area contributed by atoms with Crippen molar-refractivity contribution in [1.29, 1.82) is 0 Å². The second-order valence-corrected chi connectivity index (χ2v) is 4.83. The van der Waals surface area contributed by atoms with Crippen LogP contribution in [0.15, 0.2) is 53.8 Å². The van der Waals surface area contributed by atoms with Gasteiger partial charge in [-0.05, 0) is 40.2 Å². The van der Waals surface area contributed by atoms with Crippen molar-refractivity contribution in [2.75, 3.05) is 5.32 Å². The van der Waals surface area contributed by atoms with Gasteiger partial charge in [0.1, 0.15) is 17.3 Å². The first kappa shape index (κ1) is 12.7. The molecule has 0 radical (unpaired) electrons. The highest BCUT2D eigenvalue weighted by atomic mass is 79.9. The Kier molecular flexibility index (Phi) is 3.69. The van der Waals surface area contributed by atoms with Crippen molar-refractivity contribution in [3.63, 3.8) is 0 Å². The molecule has 3 rings (SSSR count). The average Bonchev–Trinajstić information content (AvgIpc) is 3.00. The first-order valence-corrected chi connectivity index (χ1v) is 6.77. The highest BCUT2D eigenvalue weighted by molar-refractivity contribution is 9.10. The average molecular weight is 331 g/mol. The summed E-state index contributed by atoms with van der Waals surface area (Å²) in [6.07, 6.45) is 4.82. The summed E-state index contributed by atoms with van der Waals surface area (Å²) < 4.78 is 2.44. The molecule has 100 valence electrons. The first-order chi connectivity index (χ1) is 9.83. The molecule has 0 aliphatic carbocycles. The molecule has 7 heteroatoms. The summed E-state index contributed by atoms with van der Waals surface area (Å²) in [6.45, 7) is 0.604. The summed E-state index contributed by atoms with van der Waals surface area (Å²) >= 11 is 3.36. The van der Waals surface area contributed by atoms with Gasteiger partial charge in [0.25, 0.3) is 0 Å². The van der Waals surface area contributed by atoms with Crippen molar-refractivity contribution in [2.24, 2.45) is 0 Å². The van der Waals surface area contributed by atoms with E-state index in [0.29, 0.717) is 12.4 Å². The van der Waals surface area contributed by atoms with E-state index in [4.69, 9.17) is 0 Å². The van der Waals surface area contributed by atoms with Crippen molar-refractivity contribution < 1.29 is 0 Å². The normalized spacial score (nSPS) is 10.4. The molecule has 20 heavy (non-hydrogen) atoms. The molecule has 0 saturated carbocycles. The lowest BCUT2D eigenvalue weighted by molar-refractivity contribution is 0.843. The van der Waals surface area contributed by atoms with Crippen LogP contribution in [0.4, 0.5) is 5.69 Å². The number of hydrogen-bond donors (Lipinski definition) is 1. The number of hydrogen-bond acceptors (Lipinski definition) is 5. The van der Waals surface area contributed by atoms with Gasteiger partial charge in [-0.15, -0.1) is 0 Å². The molecule has 0 amide bonds. The van der Waals surface area contributed by atoms with Crippen molar-refractivity contribution in [1.82, 2.24) is 24.7 Å². The molecule has 0 spiro atoms. The summed E-state index contributed by atoms with van der Waals surface area (Å²) in [4.78, 5) is 12.6. The monoisotopic (exact) mass is 330 g/mol. The number of anilines is 1. The Bertz CT molecular complexity index is 698. The molecule has 0 aromatic carbocycles. The zero-order valence-electron chi connectivity index (χ0n) is 10.4. The lowest BCUT2D eigenvalue weighted by Gasteiger charge is -2.10. The lowest BCUT2D eigenvalue weighted by Crippen LogP contribution is -2.07. The first-order valence-electron chi connectivity index (χ1n) is 5.98. The van der Waals surface area contributed by atoms with Gasteiger partial charge >= 0.3 is 0 Å². The molecule has 3 aromatic heterocycles. The second kappa shape index (κ2) is 5.79. The van der Waals surface area contributed by atoms with E-state index in [-0.39, 0.29) is 0 Å². The minimum atomic E-state index is 0.604. The molecule has 3 aromatic rings. The van der Waals surface area contributed by atoms with Crippen molar-refractivity contribution in [2.45, 2.75) is 6.54 Å². The molecule has 0 bridgehead atoms. The number of nitrogens with zero attached hydrogens (tertiary/aromatic N) is 5. The highest BCUT2D eigenvalue weighted by Gasteiger charge is 2.06. The van der Waals surface area contributed by atoms with E-state index in [1.807, 2.05) is 30.3 Å². The van der Waals surface area contributed by atoms with E-state index in [9.17, 15) is 0 Å². The van der Waals surface area contributed by atoms with E-state index < -0.39 is 0 Å². The fraction of sp³-hybridized carbons (Fsp3) is 0.0769. The van der Waals surface area contributed by atoms with E-state index in [1.165, 1.54) is 6.33 Å². The third-order valence-electron chi connectivity index (χ3n) is 2.66. The Morgan fingerprint density at radius 2 is 2.15 bits per heavy atom. The molecule has 0 unspecified atom stereocenters. The number of rotatable bonds is 4. The Hall–Kier alpha value is -2.28. The van der Waals surface area contributed by atoms with Gasteiger partial charge in [-0.25, -0.2) is 19.6 Å². The second-order valence-electron chi connectivity index (χ2n) is 4.02. The van der Waals surface area contributed by atoms with Gasteiger partial charge in [0.2, 0.25) is 0 Å². The molecule has 0 aliphatic heterocycles. The van der Waals surface area contributed by atoms with Gasteiger partial charge < -0.3 is 5.32 Å². The minimum Gasteiger partial charge on any atom is -0.376 e. The van der Waals surface area contributed by atoms with Crippen molar-refractivity contribution >= 4 is 21.6 Å². The van der Waals surface area contributed by atoms with Crippen LogP contribution in [-0.2, 0) is 6.54 Å². The molecule has 0 saturated heterocycles. The number of halogens is 1. The Labute approximate surface area is 124 Å². The van der Waals surface area contributed by atoms with Crippen LogP contribution in [0.2, 0.25) is 0 Å². The summed E-state index contributed by atoms with van der Waals surface area (Å²) in [7, 11) is 0. The van der Waals surface area contributed by atoms with Crippen LogP contribution in [-0.4, -0.2) is 24.7 Å². The maximum absolute atomic E-state index is 4.38. The van der Waals surface area contributed by atoms with Crippen LogP contribution in [0.25, 0.3) is 5.82 Å². The molecule has 0 atom stereocenters. The van der Waals surface area contributed by atoms with Crippen molar-refractivity contribution in [3.05, 3.63) is 59.5 Å². The summed E-state index contributed by atoms with van der Waals surface area (Å²) in [5, 5.41) is 7.41. The van der Waals surface area contributed by atoms with Crippen LogP contribution < -0.4 is 5.32 Å². The molecular weight excluding hydrogens is 320 g/mol. The Morgan fingerprint density at radius 3 is 2.95 bits per heavy atom. The maximum Gasteiger partial charge on any atom is 0.178 e. The third-order valence-corrected chi connectivity index (χ3v) is 3.10. The summed E-state index contributed by atoms with van der Waals surface area (Å²) in [5.74, 6) is 0.708. The molecule has 6 nitrogen and oxygen atoms in total. The number of aromatic nitrogens is 5. The van der Waals surface area contributed by atoms with Crippen LogP contribution in [0.3, 0.4) is 0 Å². The van der Waals surface area contributed by atoms with Gasteiger partial charge in [0.15, 0.2) is 5.82 Å². The van der Waals surface area contributed by atoms with Crippen LogP contribution >= 0.6 is 15.9 Å². The van der Waals surface area contributed by atoms with E-state index >= 15 is 0 Å². The number of pyridine rings is 2. The lowest BCUT2D eigenvalue weighted by atomic mass is 10.3. The smallest absolute Gasteiger partial charge is 0.178 e. The van der Waals surface area contributed by atoms with Gasteiger partial charge in [-0.1, -0.05) is 6.07 Å². The molecular formula is C13H11BrN6. The van der Waals surface area contributed by atoms with E-state index in [2.05, 4.69) is 41.3 Å². The van der Waals surface area contributed by atoms with Crippen molar-refractivity contribution in [3.8, 4) is 5.82 Å². The standard InChI is InChI=1S/C13H11BrN6/c14-12-5-1-3-10(19-12)7-17-11-4-2-6-16-13(11)20-9-15-8-18-20/h1-6,8-9,17H,7H2. The predicted molar refractivity (Wildman–Crippen MR) is 78.4 cm³/mol. The summed E-state index contributed by atoms with van der Waals surface area (Å²) in [6, 6.07) is 9.63. The number of nitrogens with one attached hydrogen (secondary N) is 1. The quantitative estimate of drug-likeness (QED) is 0.744. The SMILES string of the molecule is Brc1cccc(CNc2cccnc2-n2cncn2)n1. The van der Waals surface area contributed by atoms with E-state index in [0.717, 1.165) is 16.0 Å². The van der Waals surface area contributed by atoms with Gasteiger partial charge in [-0.3, -0.25) is 0 Å².